The van der Waals surface area contributed by atoms with Crippen molar-refractivity contribution in [2.24, 2.45) is 5.41 Å². The van der Waals surface area contributed by atoms with Gasteiger partial charge < -0.3 is 5.32 Å². The fourth-order valence-corrected chi connectivity index (χ4v) is 4.73. The summed E-state index contributed by atoms with van der Waals surface area (Å²) in [6.07, 6.45) is 7.54. The number of pyridine rings is 2. The lowest BCUT2D eigenvalue weighted by molar-refractivity contribution is 0.0975. The third-order valence-corrected chi connectivity index (χ3v) is 6.72. The molecule has 0 aliphatic carbocycles. The molecule has 0 aliphatic rings. The van der Waals surface area contributed by atoms with Crippen molar-refractivity contribution < 1.29 is 4.79 Å². The first-order chi connectivity index (χ1) is 18.9. The van der Waals surface area contributed by atoms with Crippen LogP contribution in [0.5, 0.6) is 0 Å². The maximum Gasteiger partial charge on any atom is 0.164 e. The maximum absolute atomic E-state index is 13.0. The van der Waals surface area contributed by atoms with E-state index >= 15 is 0 Å². The van der Waals surface area contributed by atoms with Gasteiger partial charge in [0.05, 0.1) is 12.2 Å². The summed E-state index contributed by atoms with van der Waals surface area (Å²) in [5.74, 6) is 0.783. The first-order valence-corrected chi connectivity index (χ1v) is 13.4. The van der Waals surface area contributed by atoms with Gasteiger partial charge in [-0.2, -0.15) is 0 Å². The van der Waals surface area contributed by atoms with Crippen LogP contribution < -0.4 is 5.32 Å². The van der Waals surface area contributed by atoms with Crippen molar-refractivity contribution in [1.29, 1.82) is 0 Å². The number of hydrogen-bond acceptors (Lipinski definition) is 6. The highest BCUT2D eigenvalue weighted by atomic mass is 16.1. The van der Waals surface area contributed by atoms with Crippen LogP contribution in [-0.4, -0.2) is 25.9 Å². The minimum Gasteiger partial charge on any atom is -0.362 e. The van der Waals surface area contributed by atoms with Gasteiger partial charge in [0.25, 0.3) is 0 Å². The van der Waals surface area contributed by atoms with Crippen LogP contribution >= 0.6 is 0 Å². The van der Waals surface area contributed by atoms with E-state index < -0.39 is 0 Å². The van der Waals surface area contributed by atoms with E-state index in [1.54, 1.807) is 18.6 Å². The summed E-state index contributed by atoms with van der Waals surface area (Å²) in [6, 6.07) is 24.2. The van der Waals surface area contributed by atoms with Crippen LogP contribution in [0.15, 0.2) is 91.4 Å². The molecular formula is C33H33N5O. The zero-order chi connectivity index (χ0) is 27.2. The average molecular weight is 516 g/mol. The molecule has 0 spiro atoms. The van der Waals surface area contributed by atoms with Gasteiger partial charge in [0.15, 0.2) is 11.6 Å². The van der Waals surface area contributed by atoms with Crippen LogP contribution in [0.1, 0.15) is 56.1 Å². The molecule has 6 heteroatoms. The van der Waals surface area contributed by atoms with E-state index in [0.717, 1.165) is 46.0 Å². The Morgan fingerprint density at radius 1 is 0.872 bits per heavy atom. The molecule has 0 saturated heterocycles. The van der Waals surface area contributed by atoms with Crippen molar-refractivity contribution in [3.05, 3.63) is 103 Å². The average Bonchev–Trinajstić information content (AvgIpc) is 2.96. The van der Waals surface area contributed by atoms with E-state index in [0.29, 0.717) is 30.0 Å². The number of Topliss-reactive ketones (excluding diaryl/α,β-unsaturated/α-hetero) is 1. The predicted molar refractivity (Wildman–Crippen MR) is 157 cm³/mol. The number of carbonyl (C=O) groups is 1. The Morgan fingerprint density at radius 2 is 1.69 bits per heavy atom. The number of rotatable bonds is 9. The Kier molecular flexibility index (Phi) is 7.73. The molecule has 2 aromatic carbocycles. The SMILES string of the molecule is CC(C)(C)CCCC(=O)c1cncc(-c2nnc(NCc3ccccn3)c3c(-c4ccccc4)cccc23)c1. The highest BCUT2D eigenvalue weighted by Crippen LogP contribution is 2.37. The molecule has 196 valence electrons. The monoisotopic (exact) mass is 515 g/mol. The van der Waals surface area contributed by atoms with Gasteiger partial charge in [-0.15, -0.1) is 10.2 Å². The van der Waals surface area contributed by atoms with Crippen LogP contribution in [-0.2, 0) is 6.54 Å². The summed E-state index contributed by atoms with van der Waals surface area (Å²) in [6.45, 7) is 7.11. The summed E-state index contributed by atoms with van der Waals surface area (Å²) in [4.78, 5) is 21.8. The summed E-state index contributed by atoms with van der Waals surface area (Å²) in [5, 5.41) is 14.6. The molecule has 5 rings (SSSR count). The molecule has 0 fully saturated rings. The van der Waals surface area contributed by atoms with Crippen molar-refractivity contribution in [2.75, 3.05) is 5.32 Å². The zero-order valence-electron chi connectivity index (χ0n) is 22.7. The van der Waals surface area contributed by atoms with Crippen LogP contribution in [0.25, 0.3) is 33.2 Å². The molecule has 0 aliphatic heterocycles. The number of nitrogens with zero attached hydrogens (tertiary/aromatic N) is 4. The third-order valence-electron chi connectivity index (χ3n) is 6.72. The number of nitrogens with one attached hydrogen (secondary N) is 1. The second kappa shape index (κ2) is 11.5. The van der Waals surface area contributed by atoms with E-state index in [2.05, 4.69) is 70.5 Å². The second-order valence-corrected chi connectivity index (χ2v) is 11.0. The summed E-state index contributed by atoms with van der Waals surface area (Å²) >= 11 is 0. The molecule has 3 heterocycles. The minimum atomic E-state index is 0.101. The fraction of sp³-hybridized carbons (Fsp3) is 0.242. The molecule has 0 amide bonds. The van der Waals surface area contributed by atoms with Crippen molar-refractivity contribution in [1.82, 2.24) is 20.2 Å². The standard InChI is InChI=1S/C33H33N5O/c1-33(2,3)17-10-16-29(39)24-19-25(21-34-20-24)31-28-15-9-14-27(23-11-5-4-6-12-23)30(28)32(38-37-31)36-22-26-13-7-8-18-35-26/h4-9,11-15,18-21H,10,16-17,22H2,1-3H3,(H,36,38). The van der Waals surface area contributed by atoms with Crippen molar-refractivity contribution in [3.63, 3.8) is 0 Å². The first-order valence-electron chi connectivity index (χ1n) is 13.4. The highest BCUT2D eigenvalue weighted by molar-refractivity contribution is 6.08. The van der Waals surface area contributed by atoms with Gasteiger partial charge in [-0.25, -0.2) is 0 Å². The first kappa shape index (κ1) is 26.2. The topological polar surface area (TPSA) is 80.7 Å². The summed E-state index contributed by atoms with van der Waals surface area (Å²) < 4.78 is 0. The van der Waals surface area contributed by atoms with Gasteiger partial charge in [-0.3, -0.25) is 14.8 Å². The molecule has 0 saturated carbocycles. The maximum atomic E-state index is 13.0. The van der Waals surface area contributed by atoms with Crippen molar-refractivity contribution >= 4 is 22.4 Å². The summed E-state index contributed by atoms with van der Waals surface area (Å²) in [7, 11) is 0. The lowest BCUT2D eigenvalue weighted by atomic mass is 9.89. The van der Waals surface area contributed by atoms with E-state index in [9.17, 15) is 4.79 Å². The number of ketones is 1. The lowest BCUT2D eigenvalue weighted by Gasteiger charge is -2.17. The largest absolute Gasteiger partial charge is 0.362 e. The lowest BCUT2D eigenvalue weighted by Crippen LogP contribution is -2.07. The molecular weight excluding hydrogens is 482 g/mol. The number of aromatic nitrogens is 4. The van der Waals surface area contributed by atoms with Crippen LogP contribution in [0.4, 0.5) is 5.82 Å². The minimum absolute atomic E-state index is 0.101. The molecule has 0 radical (unpaired) electrons. The Bertz CT molecular complexity index is 1580. The Labute approximate surface area is 229 Å². The van der Waals surface area contributed by atoms with Gasteiger partial charge in [0.2, 0.25) is 0 Å². The highest BCUT2D eigenvalue weighted by Gasteiger charge is 2.18. The predicted octanol–water partition coefficient (Wildman–Crippen LogP) is 7.77. The molecule has 6 nitrogen and oxygen atoms in total. The Balaban J connectivity index is 1.55. The smallest absolute Gasteiger partial charge is 0.164 e. The van der Waals surface area contributed by atoms with Crippen LogP contribution in [0.2, 0.25) is 0 Å². The summed E-state index contributed by atoms with van der Waals surface area (Å²) in [5.41, 5.74) is 5.33. The molecule has 0 unspecified atom stereocenters. The molecule has 39 heavy (non-hydrogen) atoms. The quantitative estimate of drug-likeness (QED) is 0.202. The van der Waals surface area contributed by atoms with Gasteiger partial charge in [0, 0.05) is 46.9 Å². The van der Waals surface area contributed by atoms with Gasteiger partial charge >= 0.3 is 0 Å². The third kappa shape index (κ3) is 6.34. The van der Waals surface area contributed by atoms with E-state index in [1.165, 1.54) is 0 Å². The normalized spacial score (nSPS) is 11.5. The van der Waals surface area contributed by atoms with E-state index in [4.69, 9.17) is 0 Å². The number of benzene rings is 2. The van der Waals surface area contributed by atoms with Crippen molar-refractivity contribution in [2.45, 2.75) is 46.6 Å². The Morgan fingerprint density at radius 3 is 2.46 bits per heavy atom. The van der Waals surface area contributed by atoms with Crippen molar-refractivity contribution in [3.8, 4) is 22.4 Å². The van der Waals surface area contributed by atoms with Gasteiger partial charge in [-0.1, -0.05) is 75.4 Å². The second-order valence-electron chi connectivity index (χ2n) is 11.0. The number of anilines is 1. The number of carbonyl (C=O) groups excluding carboxylic acids is 1. The Hall–Kier alpha value is -4.45. The molecule has 0 atom stereocenters. The molecule has 5 aromatic rings. The number of hydrogen-bond donors (Lipinski definition) is 1. The van der Waals surface area contributed by atoms with Gasteiger partial charge in [0.1, 0.15) is 5.69 Å². The molecule has 1 N–H and O–H groups in total. The van der Waals surface area contributed by atoms with Gasteiger partial charge in [-0.05, 0) is 47.6 Å². The number of fused-ring (bicyclic) bond motifs is 1. The van der Waals surface area contributed by atoms with E-state index in [-0.39, 0.29) is 11.2 Å². The fourth-order valence-electron chi connectivity index (χ4n) is 4.73. The van der Waals surface area contributed by atoms with Crippen LogP contribution in [0.3, 0.4) is 0 Å². The van der Waals surface area contributed by atoms with E-state index in [1.807, 2.05) is 48.5 Å². The van der Waals surface area contributed by atoms with Crippen LogP contribution in [0, 0.1) is 5.41 Å². The molecule has 0 bridgehead atoms. The molecule has 3 aromatic heterocycles. The zero-order valence-corrected chi connectivity index (χ0v) is 22.7.